The Hall–Kier alpha value is -2.52. The van der Waals surface area contributed by atoms with Crippen LogP contribution >= 0.6 is 0 Å². The summed E-state index contributed by atoms with van der Waals surface area (Å²) in [6.07, 6.45) is 2.23. The zero-order chi connectivity index (χ0) is 17.2. The first-order chi connectivity index (χ1) is 12.3. The van der Waals surface area contributed by atoms with Crippen LogP contribution in [-0.4, -0.2) is 23.7 Å². The minimum Gasteiger partial charge on any atom is -0.508 e. The number of hydrogen-bond donors (Lipinski definition) is 1. The van der Waals surface area contributed by atoms with Crippen LogP contribution in [-0.2, 0) is 6.54 Å². The highest BCUT2D eigenvalue weighted by Crippen LogP contribution is 2.42. The lowest BCUT2D eigenvalue weighted by Crippen LogP contribution is -2.23. The van der Waals surface area contributed by atoms with Gasteiger partial charge in [0.1, 0.15) is 11.5 Å². The van der Waals surface area contributed by atoms with Crippen molar-refractivity contribution >= 4 is 10.8 Å². The summed E-state index contributed by atoms with van der Waals surface area (Å²) in [5.74, 6) is 1.24. The molecule has 4 rings (SSSR count). The van der Waals surface area contributed by atoms with Crippen molar-refractivity contribution in [2.24, 2.45) is 0 Å². The Labute approximate surface area is 148 Å². The molecule has 0 radical (unpaired) electrons. The van der Waals surface area contributed by atoms with Crippen LogP contribution in [0.2, 0.25) is 0 Å². The monoisotopic (exact) mass is 333 g/mol. The lowest BCUT2D eigenvalue weighted by molar-refractivity contribution is 0.245. The van der Waals surface area contributed by atoms with Gasteiger partial charge < -0.3 is 9.84 Å². The number of phenols is 1. The highest BCUT2D eigenvalue weighted by Gasteiger charge is 2.29. The molecule has 0 aromatic heterocycles. The predicted octanol–water partition coefficient (Wildman–Crippen LogP) is 4.89. The van der Waals surface area contributed by atoms with Crippen LogP contribution in [0.25, 0.3) is 10.8 Å². The van der Waals surface area contributed by atoms with Gasteiger partial charge in [-0.25, -0.2) is 0 Å². The van der Waals surface area contributed by atoms with Crippen LogP contribution in [0.5, 0.6) is 11.5 Å². The second-order valence-corrected chi connectivity index (χ2v) is 6.70. The van der Waals surface area contributed by atoms with Crippen molar-refractivity contribution in [3.05, 3.63) is 71.8 Å². The second kappa shape index (κ2) is 6.77. The summed E-state index contributed by atoms with van der Waals surface area (Å²) in [7, 11) is 1.68. The fourth-order valence-electron chi connectivity index (χ4n) is 3.96. The predicted molar refractivity (Wildman–Crippen MR) is 101 cm³/mol. The van der Waals surface area contributed by atoms with Crippen LogP contribution < -0.4 is 4.74 Å². The Morgan fingerprint density at radius 1 is 1.08 bits per heavy atom. The Bertz CT molecular complexity index is 876. The van der Waals surface area contributed by atoms with E-state index in [2.05, 4.69) is 41.3 Å². The van der Waals surface area contributed by atoms with Crippen molar-refractivity contribution in [3.63, 3.8) is 0 Å². The highest BCUT2D eigenvalue weighted by molar-refractivity contribution is 5.89. The molecule has 1 atom stereocenters. The topological polar surface area (TPSA) is 32.7 Å². The van der Waals surface area contributed by atoms with Gasteiger partial charge in [0.25, 0.3) is 0 Å². The molecule has 0 bridgehead atoms. The van der Waals surface area contributed by atoms with Crippen molar-refractivity contribution in [1.29, 1.82) is 0 Å². The average molecular weight is 333 g/mol. The van der Waals surface area contributed by atoms with Crippen LogP contribution in [0.1, 0.15) is 30.0 Å². The minimum absolute atomic E-state index is 0.248. The number of likely N-dealkylation sites (tertiary alicyclic amines) is 1. The van der Waals surface area contributed by atoms with E-state index in [-0.39, 0.29) is 6.04 Å². The Kier molecular flexibility index (Phi) is 4.33. The first-order valence-electron chi connectivity index (χ1n) is 8.84. The molecule has 0 aliphatic carbocycles. The molecule has 1 saturated heterocycles. The molecule has 3 heteroatoms. The van der Waals surface area contributed by atoms with Crippen molar-refractivity contribution < 1.29 is 9.84 Å². The standard InChI is InChI=1S/C22H23NO2/c1-25-18-10-11-19-17(14-18)9-12-21(24)22(19)20-8-5-13-23(20)15-16-6-3-2-4-7-16/h2-4,6-7,9-12,14,20,24H,5,8,13,15H2,1H3. The molecule has 0 saturated carbocycles. The van der Waals surface area contributed by atoms with Crippen molar-refractivity contribution in [2.45, 2.75) is 25.4 Å². The second-order valence-electron chi connectivity index (χ2n) is 6.70. The van der Waals surface area contributed by atoms with Gasteiger partial charge in [-0.2, -0.15) is 0 Å². The van der Waals surface area contributed by atoms with Crippen molar-refractivity contribution in [1.82, 2.24) is 4.90 Å². The average Bonchev–Trinajstić information content (AvgIpc) is 3.09. The summed E-state index contributed by atoms with van der Waals surface area (Å²) >= 11 is 0. The first kappa shape index (κ1) is 16.0. The molecule has 1 fully saturated rings. The van der Waals surface area contributed by atoms with E-state index in [1.807, 2.05) is 24.3 Å². The number of rotatable bonds is 4. The summed E-state index contributed by atoms with van der Waals surface area (Å²) in [5.41, 5.74) is 2.37. The third kappa shape index (κ3) is 3.08. The first-order valence-corrected chi connectivity index (χ1v) is 8.84. The fourth-order valence-corrected chi connectivity index (χ4v) is 3.96. The van der Waals surface area contributed by atoms with E-state index in [0.29, 0.717) is 5.75 Å². The summed E-state index contributed by atoms with van der Waals surface area (Å²) in [6.45, 7) is 1.98. The van der Waals surface area contributed by atoms with Gasteiger partial charge in [0.05, 0.1) is 7.11 Å². The van der Waals surface area contributed by atoms with E-state index < -0.39 is 0 Å². The lowest BCUT2D eigenvalue weighted by atomic mass is 9.95. The fraction of sp³-hybridized carbons (Fsp3) is 0.273. The van der Waals surface area contributed by atoms with Crippen LogP contribution in [0.4, 0.5) is 0 Å². The number of ether oxygens (including phenoxy) is 1. The smallest absolute Gasteiger partial charge is 0.121 e. The Morgan fingerprint density at radius 3 is 2.72 bits per heavy atom. The Balaban J connectivity index is 1.73. The van der Waals surface area contributed by atoms with E-state index >= 15 is 0 Å². The molecular weight excluding hydrogens is 310 g/mol. The molecule has 1 N–H and O–H groups in total. The van der Waals surface area contributed by atoms with Gasteiger partial charge in [-0.1, -0.05) is 42.5 Å². The van der Waals surface area contributed by atoms with Gasteiger partial charge in [-0.3, -0.25) is 4.90 Å². The van der Waals surface area contributed by atoms with Crippen LogP contribution in [0.15, 0.2) is 60.7 Å². The van der Waals surface area contributed by atoms with Crippen molar-refractivity contribution in [2.75, 3.05) is 13.7 Å². The number of aromatic hydroxyl groups is 1. The molecule has 1 heterocycles. The quantitative estimate of drug-likeness (QED) is 0.738. The molecule has 1 aliphatic rings. The zero-order valence-corrected chi connectivity index (χ0v) is 14.5. The third-order valence-electron chi connectivity index (χ3n) is 5.17. The molecule has 3 aromatic carbocycles. The molecule has 0 amide bonds. The van der Waals surface area contributed by atoms with E-state index in [1.165, 1.54) is 5.56 Å². The SMILES string of the molecule is COc1ccc2c(C3CCCN3Cc3ccccc3)c(O)ccc2c1. The maximum absolute atomic E-state index is 10.6. The maximum atomic E-state index is 10.6. The minimum atomic E-state index is 0.248. The molecule has 0 spiro atoms. The Morgan fingerprint density at radius 2 is 1.92 bits per heavy atom. The largest absolute Gasteiger partial charge is 0.508 e. The van der Waals surface area contributed by atoms with Gasteiger partial charge >= 0.3 is 0 Å². The number of nitrogens with zero attached hydrogens (tertiary/aromatic N) is 1. The number of hydrogen-bond acceptors (Lipinski definition) is 3. The van der Waals surface area contributed by atoms with E-state index in [9.17, 15) is 5.11 Å². The zero-order valence-electron chi connectivity index (χ0n) is 14.5. The molecule has 1 aliphatic heterocycles. The van der Waals surface area contributed by atoms with Crippen molar-refractivity contribution in [3.8, 4) is 11.5 Å². The summed E-state index contributed by atoms with van der Waals surface area (Å²) in [5, 5.41) is 12.8. The van der Waals surface area contributed by atoms with E-state index in [4.69, 9.17) is 4.74 Å². The van der Waals surface area contributed by atoms with Crippen LogP contribution in [0.3, 0.4) is 0 Å². The van der Waals surface area contributed by atoms with Crippen LogP contribution in [0, 0.1) is 0 Å². The molecule has 25 heavy (non-hydrogen) atoms. The number of methoxy groups -OCH3 is 1. The number of fused-ring (bicyclic) bond motifs is 1. The van der Waals surface area contributed by atoms with Gasteiger partial charge in [0.15, 0.2) is 0 Å². The maximum Gasteiger partial charge on any atom is 0.121 e. The van der Waals surface area contributed by atoms with Gasteiger partial charge in [0.2, 0.25) is 0 Å². The molecular formula is C22H23NO2. The van der Waals surface area contributed by atoms with Gasteiger partial charge in [0, 0.05) is 18.2 Å². The third-order valence-corrected chi connectivity index (χ3v) is 5.17. The van der Waals surface area contributed by atoms with E-state index in [1.54, 1.807) is 7.11 Å². The molecule has 1 unspecified atom stereocenters. The van der Waals surface area contributed by atoms with Gasteiger partial charge in [-0.15, -0.1) is 0 Å². The number of benzene rings is 3. The number of phenolic OH excluding ortho intramolecular Hbond substituents is 1. The summed E-state index contributed by atoms with van der Waals surface area (Å²) < 4.78 is 5.35. The molecule has 128 valence electrons. The van der Waals surface area contributed by atoms with Gasteiger partial charge in [-0.05, 0) is 53.9 Å². The lowest BCUT2D eigenvalue weighted by Gasteiger charge is -2.26. The normalized spacial score (nSPS) is 17.9. The molecule has 3 aromatic rings. The van der Waals surface area contributed by atoms with E-state index in [0.717, 1.165) is 48.0 Å². The summed E-state index contributed by atoms with van der Waals surface area (Å²) in [6, 6.07) is 20.7. The molecule has 3 nitrogen and oxygen atoms in total. The highest BCUT2D eigenvalue weighted by atomic mass is 16.5. The summed E-state index contributed by atoms with van der Waals surface area (Å²) in [4.78, 5) is 2.48.